The third-order valence-corrected chi connectivity index (χ3v) is 6.12. The number of nitrogens with one attached hydrogen (secondary N) is 2. The van der Waals surface area contributed by atoms with E-state index in [0.29, 0.717) is 64.2 Å². The van der Waals surface area contributed by atoms with Crippen molar-refractivity contribution in [1.29, 1.82) is 0 Å². The Labute approximate surface area is 200 Å². The van der Waals surface area contributed by atoms with Crippen molar-refractivity contribution in [3.63, 3.8) is 0 Å². The number of benzene rings is 2. The minimum Gasteiger partial charge on any atom is -0.448 e. The van der Waals surface area contributed by atoms with Crippen LogP contribution in [0.3, 0.4) is 0 Å². The molecule has 2 N–H and O–H groups in total. The smallest absolute Gasteiger partial charge is 0.411 e. The predicted molar refractivity (Wildman–Crippen MR) is 125 cm³/mol. The van der Waals surface area contributed by atoms with E-state index in [4.69, 9.17) is 51.1 Å². The van der Waals surface area contributed by atoms with Crippen LogP contribution in [-0.4, -0.2) is 61.3 Å². The number of carbonyl (C=O) groups is 2. The van der Waals surface area contributed by atoms with Crippen LogP contribution in [0.2, 0.25) is 20.1 Å². The van der Waals surface area contributed by atoms with Crippen molar-refractivity contribution in [3.05, 3.63) is 56.5 Å². The molecule has 1 aliphatic heterocycles. The van der Waals surface area contributed by atoms with Crippen LogP contribution in [0, 0.1) is 0 Å². The van der Waals surface area contributed by atoms with Gasteiger partial charge in [0.2, 0.25) is 0 Å². The molecule has 2 aromatic rings. The number of hydrogen-bond acceptors (Lipinski definition) is 4. The molecule has 1 fully saturated rings. The number of rotatable bonds is 5. The Bertz CT molecular complexity index is 949. The number of piperazine rings is 1. The van der Waals surface area contributed by atoms with Gasteiger partial charge in [-0.15, -0.1) is 0 Å². The van der Waals surface area contributed by atoms with Crippen LogP contribution in [0.1, 0.15) is 0 Å². The van der Waals surface area contributed by atoms with Crippen molar-refractivity contribution in [1.82, 2.24) is 9.80 Å². The molecule has 1 heterocycles. The van der Waals surface area contributed by atoms with Gasteiger partial charge in [0, 0.05) is 44.1 Å². The Balaban J connectivity index is 1.35. The molecular weight excluding hydrogens is 486 g/mol. The van der Waals surface area contributed by atoms with Gasteiger partial charge >= 0.3 is 12.1 Å². The van der Waals surface area contributed by atoms with E-state index in [0.717, 1.165) is 0 Å². The molecule has 7 nitrogen and oxygen atoms in total. The highest BCUT2D eigenvalue weighted by atomic mass is 35.5. The van der Waals surface area contributed by atoms with E-state index in [1.165, 1.54) is 0 Å². The van der Waals surface area contributed by atoms with E-state index in [1.54, 1.807) is 41.3 Å². The van der Waals surface area contributed by atoms with Gasteiger partial charge in [0.25, 0.3) is 0 Å². The van der Waals surface area contributed by atoms with E-state index in [1.807, 2.05) is 0 Å². The van der Waals surface area contributed by atoms with Gasteiger partial charge in [-0.25, -0.2) is 9.59 Å². The largest absolute Gasteiger partial charge is 0.448 e. The summed E-state index contributed by atoms with van der Waals surface area (Å²) in [5.41, 5.74) is 1.09. The van der Waals surface area contributed by atoms with Gasteiger partial charge in [-0.2, -0.15) is 0 Å². The van der Waals surface area contributed by atoms with Gasteiger partial charge in [0.15, 0.2) is 0 Å². The lowest BCUT2D eigenvalue weighted by atomic mass is 10.3. The highest BCUT2D eigenvalue weighted by Crippen LogP contribution is 2.26. The lowest BCUT2D eigenvalue weighted by Gasteiger charge is -2.34. The summed E-state index contributed by atoms with van der Waals surface area (Å²) in [4.78, 5) is 28.2. The number of carbonyl (C=O) groups excluding carboxylic acids is 2. The molecule has 1 saturated heterocycles. The van der Waals surface area contributed by atoms with E-state index in [9.17, 15) is 9.59 Å². The lowest BCUT2D eigenvalue weighted by molar-refractivity contribution is 0.112. The molecule has 31 heavy (non-hydrogen) atoms. The van der Waals surface area contributed by atoms with Crippen molar-refractivity contribution in [3.8, 4) is 0 Å². The summed E-state index contributed by atoms with van der Waals surface area (Å²) in [6, 6.07) is 9.52. The molecule has 3 rings (SSSR count). The SMILES string of the molecule is O=C(Nc1ccc(Cl)c(Cl)c1)OCCN1CCN(C(=O)Nc2ccc(Cl)c(Cl)c2)CC1. The number of nitrogens with zero attached hydrogens (tertiary/aromatic N) is 2. The fraction of sp³-hybridized carbons (Fsp3) is 0.300. The quantitative estimate of drug-likeness (QED) is 0.546. The van der Waals surface area contributed by atoms with Crippen molar-refractivity contribution >= 4 is 69.9 Å². The molecule has 0 bridgehead atoms. The zero-order valence-corrected chi connectivity index (χ0v) is 19.4. The molecule has 0 atom stereocenters. The first kappa shape index (κ1) is 23.8. The summed E-state index contributed by atoms with van der Waals surface area (Å²) in [7, 11) is 0. The normalized spacial score (nSPS) is 14.3. The van der Waals surface area contributed by atoms with Gasteiger partial charge in [0.05, 0.1) is 20.1 Å². The molecule has 166 valence electrons. The average molecular weight is 506 g/mol. The van der Waals surface area contributed by atoms with Crippen molar-refractivity contribution in [2.75, 3.05) is 50.0 Å². The van der Waals surface area contributed by atoms with Crippen LogP contribution < -0.4 is 10.6 Å². The number of urea groups is 1. The van der Waals surface area contributed by atoms with E-state index in [2.05, 4.69) is 15.5 Å². The summed E-state index contributed by atoms with van der Waals surface area (Å²) >= 11 is 23.6. The van der Waals surface area contributed by atoms with Gasteiger partial charge in [0.1, 0.15) is 6.61 Å². The van der Waals surface area contributed by atoms with E-state index >= 15 is 0 Å². The minimum absolute atomic E-state index is 0.199. The highest BCUT2D eigenvalue weighted by molar-refractivity contribution is 6.42. The summed E-state index contributed by atoms with van der Waals surface area (Å²) in [5.74, 6) is 0. The Morgan fingerprint density at radius 3 is 1.90 bits per heavy atom. The fourth-order valence-electron chi connectivity index (χ4n) is 2.95. The maximum atomic E-state index is 12.4. The van der Waals surface area contributed by atoms with E-state index in [-0.39, 0.29) is 12.6 Å². The first-order valence-corrected chi connectivity index (χ1v) is 10.9. The second-order valence-corrected chi connectivity index (χ2v) is 8.41. The van der Waals surface area contributed by atoms with Crippen LogP contribution in [0.4, 0.5) is 21.0 Å². The Morgan fingerprint density at radius 1 is 0.806 bits per heavy atom. The van der Waals surface area contributed by atoms with Crippen LogP contribution in [0.25, 0.3) is 0 Å². The molecular formula is C20H20Cl4N4O3. The third kappa shape index (κ3) is 7.05. The molecule has 0 radical (unpaired) electrons. The highest BCUT2D eigenvalue weighted by Gasteiger charge is 2.21. The molecule has 0 unspecified atom stereocenters. The first-order chi connectivity index (χ1) is 14.8. The molecule has 3 amide bonds. The predicted octanol–water partition coefficient (Wildman–Crippen LogP) is 5.70. The summed E-state index contributed by atoms with van der Waals surface area (Å²) < 4.78 is 5.21. The molecule has 2 aromatic carbocycles. The Morgan fingerprint density at radius 2 is 1.35 bits per heavy atom. The van der Waals surface area contributed by atoms with Crippen LogP contribution in [0.5, 0.6) is 0 Å². The number of anilines is 2. The van der Waals surface area contributed by atoms with Crippen molar-refractivity contribution in [2.45, 2.75) is 0 Å². The summed E-state index contributed by atoms with van der Waals surface area (Å²) in [5, 5.41) is 6.98. The van der Waals surface area contributed by atoms with Crippen molar-refractivity contribution in [2.24, 2.45) is 0 Å². The van der Waals surface area contributed by atoms with Crippen LogP contribution in [-0.2, 0) is 4.74 Å². The van der Waals surface area contributed by atoms with Crippen molar-refractivity contribution < 1.29 is 14.3 Å². The number of hydrogen-bond donors (Lipinski definition) is 2. The number of halogens is 4. The van der Waals surface area contributed by atoms with Gasteiger partial charge in [-0.1, -0.05) is 46.4 Å². The zero-order chi connectivity index (χ0) is 22.4. The van der Waals surface area contributed by atoms with E-state index < -0.39 is 6.09 Å². The average Bonchev–Trinajstić information content (AvgIpc) is 2.74. The standard InChI is InChI=1S/C20H20Cl4N4O3/c21-15-3-1-13(11-17(15)23)25-19(29)28-7-5-27(6-8-28)9-10-31-20(30)26-14-2-4-16(22)18(24)12-14/h1-4,11-12H,5-10H2,(H,25,29)(H,26,30). The van der Waals surface area contributed by atoms with Gasteiger partial charge in [-0.3, -0.25) is 10.2 Å². The zero-order valence-electron chi connectivity index (χ0n) is 16.3. The lowest BCUT2D eigenvalue weighted by Crippen LogP contribution is -2.50. The second kappa shape index (κ2) is 11.1. The fourth-order valence-corrected chi connectivity index (χ4v) is 3.54. The van der Waals surface area contributed by atoms with Crippen LogP contribution in [0.15, 0.2) is 36.4 Å². The van der Waals surface area contributed by atoms with Gasteiger partial charge < -0.3 is 15.0 Å². The Kier molecular flexibility index (Phi) is 8.51. The Hall–Kier alpha value is -1.90. The van der Waals surface area contributed by atoms with Gasteiger partial charge in [-0.05, 0) is 36.4 Å². The molecule has 11 heteroatoms. The van der Waals surface area contributed by atoms with Crippen LogP contribution >= 0.6 is 46.4 Å². The first-order valence-electron chi connectivity index (χ1n) is 9.44. The minimum atomic E-state index is -0.571. The monoisotopic (exact) mass is 504 g/mol. The summed E-state index contributed by atoms with van der Waals surface area (Å²) in [6.07, 6.45) is -0.571. The third-order valence-electron chi connectivity index (χ3n) is 4.64. The molecule has 0 aliphatic carbocycles. The molecule has 0 saturated carbocycles. The second-order valence-electron chi connectivity index (χ2n) is 6.78. The maximum absolute atomic E-state index is 12.4. The molecule has 0 aromatic heterocycles. The maximum Gasteiger partial charge on any atom is 0.411 e. The molecule has 0 spiro atoms. The number of amides is 3. The summed E-state index contributed by atoms with van der Waals surface area (Å²) in [6.45, 7) is 3.25. The topological polar surface area (TPSA) is 73.9 Å². The number of ether oxygens (including phenoxy) is 1. The molecule has 1 aliphatic rings.